The Bertz CT molecular complexity index is 1420. The molecule has 0 radical (unpaired) electrons. The lowest BCUT2D eigenvalue weighted by molar-refractivity contribution is -0.143. The number of hydrogen-bond donors (Lipinski definition) is 2. The van der Waals surface area contributed by atoms with E-state index in [1.807, 2.05) is 34.9 Å². The molecule has 2 heterocycles. The number of rotatable bonds is 8. The summed E-state index contributed by atoms with van der Waals surface area (Å²) in [4.78, 5) is 32.5. The first-order chi connectivity index (χ1) is 19.7. The van der Waals surface area contributed by atoms with Crippen molar-refractivity contribution in [1.29, 1.82) is 0 Å². The summed E-state index contributed by atoms with van der Waals surface area (Å²) < 4.78 is 79.3. The molecule has 2 N–H and O–H groups in total. The molecule has 4 rings (SSSR count). The number of aromatic nitrogens is 1. The van der Waals surface area contributed by atoms with Gasteiger partial charge in [-0.1, -0.05) is 24.3 Å². The third kappa shape index (κ3) is 7.58. The maximum atomic E-state index is 13.2. The van der Waals surface area contributed by atoms with Crippen LogP contribution in [0, 0.1) is 6.92 Å². The van der Waals surface area contributed by atoms with Crippen LogP contribution in [0.15, 0.2) is 54.7 Å². The van der Waals surface area contributed by atoms with Crippen molar-refractivity contribution in [2.45, 2.75) is 25.7 Å². The number of anilines is 1. The van der Waals surface area contributed by atoms with E-state index in [1.54, 1.807) is 12.1 Å². The maximum Gasteiger partial charge on any atom is 0.416 e. The van der Waals surface area contributed by atoms with Crippen LogP contribution in [-0.2, 0) is 23.6 Å². The summed E-state index contributed by atoms with van der Waals surface area (Å²) in [6.45, 7) is 3.67. The summed E-state index contributed by atoms with van der Waals surface area (Å²) in [5.74, 6) is -0.905. The molecule has 1 aliphatic rings. The normalized spacial score (nSPS) is 14.6. The summed E-state index contributed by atoms with van der Waals surface area (Å²) in [6, 6.07) is 10.5. The van der Waals surface area contributed by atoms with Crippen LogP contribution in [0.5, 0.6) is 0 Å². The van der Waals surface area contributed by atoms with Crippen molar-refractivity contribution in [1.82, 2.24) is 15.2 Å². The zero-order chi connectivity index (χ0) is 30.7. The van der Waals surface area contributed by atoms with Crippen molar-refractivity contribution in [3.8, 4) is 11.1 Å². The number of amides is 1. The number of hydrogen-bond acceptors (Lipinski definition) is 5. The number of carboxylic acids is 1. The van der Waals surface area contributed by atoms with Crippen LogP contribution in [0.25, 0.3) is 11.1 Å². The van der Waals surface area contributed by atoms with Crippen molar-refractivity contribution in [2.24, 2.45) is 0 Å². The van der Waals surface area contributed by atoms with Crippen molar-refractivity contribution < 1.29 is 41.0 Å². The lowest BCUT2D eigenvalue weighted by atomic mass is 9.96. The molecule has 13 heteroatoms. The van der Waals surface area contributed by atoms with Crippen molar-refractivity contribution in [3.63, 3.8) is 0 Å². The van der Waals surface area contributed by atoms with Gasteiger partial charge in [0.15, 0.2) is 0 Å². The largest absolute Gasteiger partial charge is 0.480 e. The molecular weight excluding hydrogens is 566 g/mol. The molecular formula is C29H28F6N4O3. The van der Waals surface area contributed by atoms with Gasteiger partial charge < -0.3 is 15.3 Å². The molecule has 1 aromatic heterocycles. The minimum atomic E-state index is -4.96. The first kappa shape index (κ1) is 30.8. The molecule has 3 aromatic rings. The highest BCUT2D eigenvalue weighted by Crippen LogP contribution is 2.36. The van der Waals surface area contributed by atoms with Gasteiger partial charge in [0.25, 0.3) is 5.91 Å². The number of carbonyl (C=O) groups excluding carboxylic acids is 1. The fourth-order valence-electron chi connectivity index (χ4n) is 4.80. The molecule has 0 aliphatic carbocycles. The number of nitrogens with one attached hydrogen (secondary N) is 1. The van der Waals surface area contributed by atoms with Gasteiger partial charge in [-0.25, -0.2) is 4.98 Å². The molecule has 42 heavy (non-hydrogen) atoms. The Kier molecular flexibility index (Phi) is 9.09. The van der Waals surface area contributed by atoms with Gasteiger partial charge in [-0.3, -0.25) is 14.5 Å². The van der Waals surface area contributed by atoms with Gasteiger partial charge in [0.1, 0.15) is 5.82 Å². The molecule has 1 fully saturated rings. The van der Waals surface area contributed by atoms with E-state index in [1.165, 1.54) is 6.20 Å². The van der Waals surface area contributed by atoms with Crippen LogP contribution < -0.4 is 10.2 Å². The highest BCUT2D eigenvalue weighted by molar-refractivity contribution is 6.01. The Morgan fingerprint density at radius 3 is 2.10 bits per heavy atom. The minimum Gasteiger partial charge on any atom is -0.480 e. The Hall–Kier alpha value is -4.13. The molecule has 7 nitrogen and oxygen atoms in total. The number of alkyl halides is 6. The number of piperazine rings is 1. The second kappa shape index (κ2) is 12.4. The van der Waals surface area contributed by atoms with Gasteiger partial charge in [0.2, 0.25) is 0 Å². The van der Waals surface area contributed by atoms with E-state index in [0.717, 1.165) is 11.1 Å². The van der Waals surface area contributed by atoms with Gasteiger partial charge in [-0.05, 0) is 59.9 Å². The van der Waals surface area contributed by atoms with E-state index < -0.39 is 35.4 Å². The highest BCUT2D eigenvalue weighted by Gasteiger charge is 2.36. The lowest BCUT2D eigenvalue weighted by Crippen LogP contribution is -2.48. The van der Waals surface area contributed by atoms with E-state index in [-0.39, 0.29) is 36.7 Å². The standard InChI is InChI=1S/C29H28F6N4O3/c1-18-4-2-3-5-22(18)23-15-25(39-10-8-38(9-11-39)17-26(40)41)37-16-24(23)27(42)36-7-6-19-12-20(28(30,31)32)14-21(13-19)29(33,34)35/h2-5,12-16H,6-11,17H2,1H3,(H,36,42)(H,40,41). The summed E-state index contributed by atoms with van der Waals surface area (Å²) in [5, 5.41) is 11.6. The second-order valence-corrected chi connectivity index (χ2v) is 9.98. The molecule has 0 unspecified atom stereocenters. The molecule has 1 amide bonds. The van der Waals surface area contributed by atoms with Crippen LogP contribution in [0.4, 0.5) is 32.2 Å². The molecule has 1 saturated heterocycles. The van der Waals surface area contributed by atoms with Gasteiger partial charge >= 0.3 is 18.3 Å². The molecule has 224 valence electrons. The first-order valence-corrected chi connectivity index (χ1v) is 13.0. The summed E-state index contributed by atoms with van der Waals surface area (Å²) in [5.41, 5.74) is -0.665. The van der Waals surface area contributed by atoms with Crippen molar-refractivity contribution in [2.75, 3.05) is 44.2 Å². The van der Waals surface area contributed by atoms with Crippen LogP contribution in [-0.4, -0.2) is 66.1 Å². The number of benzene rings is 2. The Balaban J connectivity index is 1.55. The quantitative estimate of drug-likeness (QED) is 0.346. The SMILES string of the molecule is Cc1ccccc1-c1cc(N2CCN(CC(=O)O)CC2)ncc1C(=O)NCCc1cc(C(F)(F)F)cc(C(F)(F)F)c1. The van der Waals surface area contributed by atoms with E-state index >= 15 is 0 Å². The fraction of sp³-hybridized carbons (Fsp3) is 0.345. The van der Waals surface area contributed by atoms with E-state index in [0.29, 0.717) is 49.7 Å². The van der Waals surface area contributed by atoms with Crippen LogP contribution in [0.1, 0.15) is 32.6 Å². The lowest BCUT2D eigenvalue weighted by Gasteiger charge is -2.34. The zero-order valence-electron chi connectivity index (χ0n) is 22.5. The average Bonchev–Trinajstić information content (AvgIpc) is 2.92. The first-order valence-electron chi connectivity index (χ1n) is 13.0. The number of nitrogens with zero attached hydrogens (tertiary/aromatic N) is 3. The Labute approximate surface area is 237 Å². The molecule has 0 atom stereocenters. The minimum absolute atomic E-state index is 0.0626. The predicted octanol–water partition coefficient (Wildman–Crippen LogP) is 5.27. The molecule has 0 bridgehead atoms. The molecule has 0 spiro atoms. The van der Waals surface area contributed by atoms with Crippen molar-refractivity contribution >= 4 is 17.7 Å². The number of aliphatic carboxylic acids is 1. The number of halogens is 6. The van der Waals surface area contributed by atoms with Gasteiger partial charge in [-0.15, -0.1) is 0 Å². The summed E-state index contributed by atoms with van der Waals surface area (Å²) in [7, 11) is 0. The summed E-state index contributed by atoms with van der Waals surface area (Å²) in [6.07, 6.45) is -8.79. The molecule has 1 aliphatic heterocycles. The third-order valence-corrected chi connectivity index (χ3v) is 6.97. The number of pyridine rings is 1. The number of aryl methyl sites for hydroxylation is 1. The van der Waals surface area contributed by atoms with Crippen molar-refractivity contribution in [3.05, 3.63) is 82.5 Å². The fourth-order valence-corrected chi connectivity index (χ4v) is 4.80. The smallest absolute Gasteiger partial charge is 0.416 e. The molecule has 2 aromatic carbocycles. The topological polar surface area (TPSA) is 85.8 Å². The van der Waals surface area contributed by atoms with E-state index in [2.05, 4.69) is 10.3 Å². The van der Waals surface area contributed by atoms with E-state index in [9.17, 15) is 35.9 Å². The van der Waals surface area contributed by atoms with Gasteiger partial charge in [0.05, 0.1) is 23.2 Å². The van der Waals surface area contributed by atoms with Crippen LogP contribution in [0.3, 0.4) is 0 Å². The van der Waals surface area contributed by atoms with E-state index in [4.69, 9.17) is 5.11 Å². The predicted molar refractivity (Wildman–Crippen MR) is 143 cm³/mol. The number of carboxylic acid groups (broad SMARTS) is 1. The second-order valence-electron chi connectivity index (χ2n) is 9.98. The monoisotopic (exact) mass is 594 g/mol. The Morgan fingerprint density at radius 1 is 0.905 bits per heavy atom. The van der Waals surface area contributed by atoms with Gasteiger partial charge in [-0.2, -0.15) is 26.3 Å². The highest BCUT2D eigenvalue weighted by atomic mass is 19.4. The van der Waals surface area contributed by atoms with Gasteiger partial charge in [0, 0.05) is 38.9 Å². The summed E-state index contributed by atoms with van der Waals surface area (Å²) >= 11 is 0. The molecule has 0 saturated carbocycles. The Morgan fingerprint density at radius 2 is 1.52 bits per heavy atom. The zero-order valence-corrected chi connectivity index (χ0v) is 22.5. The number of carbonyl (C=O) groups is 2. The van der Waals surface area contributed by atoms with Crippen LogP contribution >= 0.6 is 0 Å². The third-order valence-electron chi connectivity index (χ3n) is 6.97. The maximum absolute atomic E-state index is 13.2. The van der Waals surface area contributed by atoms with Crippen LogP contribution in [0.2, 0.25) is 0 Å². The average molecular weight is 595 g/mol.